The molecule has 0 heterocycles. The third-order valence-corrected chi connectivity index (χ3v) is 6.68. The van der Waals surface area contributed by atoms with E-state index in [1.165, 1.54) is 57.8 Å². The highest BCUT2D eigenvalue weighted by Gasteiger charge is 2.37. The molecule has 0 aromatic rings. The van der Waals surface area contributed by atoms with Crippen LogP contribution in [0.3, 0.4) is 0 Å². The van der Waals surface area contributed by atoms with Crippen LogP contribution in [0, 0.1) is 23.2 Å². The van der Waals surface area contributed by atoms with Crippen LogP contribution in [0.5, 0.6) is 0 Å². The van der Waals surface area contributed by atoms with Crippen LogP contribution < -0.4 is 0 Å². The lowest BCUT2D eigenvalue weighted by molar-refractivity contribution is -0.0551. The molecular formula is C23H44O. The summed E-state index contributed by atoms with van der Waals surface area (Å²) < 4.78 is 6.57. The van der Waals surface area contributed by atoms with E-state index in [4.69, 9.17) is 4.74 Å². The highest BCUT2D eigenvalue weighted by atomic mass is 16.5. The van der Waals surface area contributed by atoms with Crippen molar-refractivity contribution in [2.75, 3.05) is 0 Å². The Kier molecular flexibility index (Phi) is 8.36. The van der Waals surface area contributed by atoms with E-state index in [0.717, 1.165) is 17.6 Å². The van der Waals surface area contributed by atoms with Crippen molar-refractivity contribution in [3.63, 3.8) is 0 Å². The second-order valence-electron chi connectivity index (χ2n) is 9.45. The van der Waals surface area contributed by atoms with E-state index in [9.17, 15) is 0 Å². The summed E-state index contributed by atoms with van der Waals surface area (Å²) in [5.74, 6) is 3.24. The molecule has 1 heteroatoms. The quantitative estimate of drug-likeness (QED) is 0.370. The second kappa shape index (κ2) is 9.30. The summed E-state index contributed by atoms with van der Waals surface area (Å²) in [6.45, 7) is 20.7. The highest BCUT2D eigenvalue weighted by Crippen LogP contribution is 2.44. The lowest BCUT2D eigenvalue weighted by atomic mass is 9.74. The first-order valence-electron chi connectivity index (χ1n) is 10.5. The maximum Gasteiger partial charge on any atom is 0.106 e. The molecule has 0 bridgehead atoms. The van der Waals surface area contributed by atoms with E-state index >= 15 is 0 Å². The average molecular weight is 337 g/mol. The van der Waals surface area contributed by atoms with Gasteiger partial charge in [0.25, 0.3) is 0 Å². The Morgan fingerprint density at radius 1 is 1.00 bits per heavy atom. The topological polar surface area (TPSA) is 9.23 Å². The van der Waals surface area contributed by atoms with Gasteiger partial charge in [-0.3, -0.25) is 0 Å². The fourth-order valence-corrected chi connectivity index (χ4v) is 4.51. The van der Waals surface area contributed by atoms with Gasteiger partial charge < -0.3 is 4.74 Å². The van der Waals surface area contributed by atoms with E-state index in [1.807, 2.05) is 0 Å². The standard InChI is InChI=1S/C23H44O/c1-9-18(3)16-19(4)17-21(10-2)22(6,7)24-20(5)23(8)14-12-11-13-15-23/h18-19,21H,5,9-17H2,1-4,6-8H3. The Morgan fingerprint density at radius 2 is 1.58 bits per heavy atom. The van der Waals surface area contributed by atoms with Gasteiger partial charge >= 0.3 is 0 Å². The van der Waals surface area contributed by atoms with Crippen LogP contribution in [0.15, 0.2) is 12.3 Å². The summed E-state index contributed by atoms with van der Waals surface area (Å²) >= 11 is 0. The van der Waals surface area contributed by atoms with E-state index in [1.54, 1.807) is 0 Å². The molecule has 1 fully saturated rings. The zero-order chi connectivity index (χ0) is 18.4. The number of rotatable bonds is 10. The van der Waals surface area contributed by atoms with Gasteiger partial charge in [-0.25, -0.2) is 0 Å². The Labute approximate surface area is 152 Å². The minimum Gasteiger partial charge on any atom is -0.492 e. The van der Waals surface area contributed by atoms with Crippen LogP contribution in [-0.2, 0) is 4.74 Å². The van der Waals surface area contributed by atoms with Gasteiger partial charge in [0.15, 0.2) is 0 Å². The Bertz CT molecular complexity index is 375. The molecule has 0 saturated heterocycles. The molecule has 0 amide bonds. The molecule has 3 atom stereocenters. The van der Waals surface area contributed by atoms with Crippen molar-refractivity contribution in [1.29, 1.82) is 0 Å². The number of allylic oxidation sites excluding steroid dienone is 1. The highest BCUT2D eigenvalue weighted by molar-refractivity contribution is 5.04. The summed E-state index contributed by atoms with van der Waals surface area (Å²) in [4.78, 5) is 0. The average Bonchev–Trinajstić information content (AvgIpc) is 2.52. The fourth-order valence-electron chi connectivity index (χ4n) is 4.51. The van der Waals surface area contributed by atoms with E-state index in [0.29, 0.717) is 5.92 Å². The largest absolute Gasteiger partial charge is 0.492 e. The minimum atomic E-state index is -0.115. The van der Waals surface area contributed by atoms with Gasteiger partial charge in [0, 0.05) is 5.41 Å². The first-order chi connectivity index (χ1) is 11.1. The van der Waals surface area contributed by atoms with E-state index in [-0.39, 0.29) is 11.0 Å². The molecule has 0 N–H and O–H groups in total. The maximum absolute atomic E-state index is 6.57. The van der Waals surface area contributed by atoms with Crippen LogP contribution in [0.4, 0.5) is 0 Å². The van der Waals surface area contributed by atoms with Gasteiger partial charge in [0.2, 0.25) is 0 Å². The summed E-state index contributed by atoms with van der Waals surface area (Å²) in [5, 5.41) is 0. The summed E-state index contributed by atoms with van der Waals surface area (Å²) in [6.07, 6.45) is 11.6. The van der Waals surface area contributed by atoms with Gasteiger partial charge in [0.05, 0.1) is 5.76 Å². The van der Waals surface area contributed by atoms with Crippen molar-refractivity contribution >= 4 is 0 Å². The fraction of sp³-hybridized carbons (Fsp3) is 0.913. The van der Waals surface area contributed by atoms with Crippen molar-refractivity contribution < 1.29 is 4.74 Å². The maximum atomic E-state index is 6.57. The van der Waals surface area contributed by atoms with Crippen molar-refractivity contribution in [3.05, 3.63) is 12.3 Å². The molecular weight excluding hydrogens is 292 g/mol. The van der Waals surface area contributed by atoms with Crippen LogP contribution in [0.2, 0.25) is 0 Å². The monoisotopic (exact) mass is 336 g/mol. The number of hydrogen-bond donors (Lipinski definition) is 0. The minimum absolute atomic E-state index is 0.115. The van der Waals surface area contributed by atoms with Crippen LogP contribution in [0.25, 0.3) is 0 Å². The second-order valence-corrected chi connectivity index (χ2v) is 9.45. The predicted octanol–water partition coefficient (Wildman–Crippen LogP) is 7.75. The van der Waals surface area contributed by atoms with Crippen LogP contribution >= 0.6 is 0 Å². The molecule has 0 radical (unpaired) electrons. The number of hydrogen-bond acceptors (Lipinski definition) is 1. The molecule has 0 aliphatic heterocycles. The molecule has 1 aliphatic rings. The summed E-state index contributed by atoms with van der Waals surface area (Å²) in [5.41, 5.74) is 0.0756. The third kappa shape index (κ3) is 6.12. The molecule has 3 unspecified atom stereocenters. The van der Waals surface area contributed by atoms with Crippen LogP contribution in [-0.4, -0.2) is 5.60 Å². The van der Waals surface area contributed by atoms with Crippen molar-refractivity contribution in [3.8, 4) is 0 Å². The summed E-state index contributed by atoms with van der Waals surface area (Å²) in [7, 11) is 0. The van der Waals surface area contributed by atoms with Crippen molar-refractivity contribution in [2.45, 2.75) is 112 Å². The molecule has 1 rings (SSSR count). The van der Waals surface area contributed by atoms with Gasteiger partial charge in [-0.1, -0.05) is 66.9 Å². The molecule has 1 aliphatic carbocycles. The molecule has 142 valence electrons. The molecule has 1 saturated carbocycles. The van der Waals surface area contributed by atoms with Gasteiger partial charge in [-0.2, -0.15) is 0 Å². The van der Waals surface area contributed by atoms with E-state index < -0.39 is 0 Å². The zero-order valence-electron chi connectivity index (χ0n) is 17.7. The molecule has 0 aromatic heterocycles. The zero-order valence-corrected chi connectivity index (χ0v) is 17.7. The number of ether oxygens (including phenoxy) is 1. The van der Waals surface area contributed by atoms with Gasteiger partial charge in [-0.15, -0.1) is 0 Å². The van der Waals surface area contributed by atoms with Crippen LogP contribution in [0.1, 0.15) is 106 Å². The predicted molar refractivity (Wildman–Crippen MR) is 107 cm³/mol. The van der Waals surface area contributed by atoms with Crippen molar-refractivity contribution in [2.24, 2.45) is 23.2 Å². The first-order valence-corrected chi connectivity index (χ1v) is 10.5. The molecule has 1 nitrogen and oxygen atoms in total. The lowest BCUT2D eigenvalue weighted by Crippen LogP contribution is -2.38. The third-order valence-electron chi connectivity index (χ3n) is 6.68. The van der Waals surface area contributed by atoms with Gasteiger partial charge in [-0.05, 0) is 63.7 Å². The lowest BCUT2D eigenvalue weighted by Gasteiger charge is -2.42. The Hall–Kier alpha value is -0.460. The smallest absolute Gasteiger partial charge is 0.106 e. The first kappa shape index (κ1) is 21.6. The van der Waals surface area contributed by atoms with Gasteiger partial charge in [0.1, 0.15) is 5.60 Å². The van der Waals surface area contributed by atoms with E-state index in [2.05, 4.69) is 55.0 Å². The summed E-state index contributed by atoms with van der Waals surface area (Å²) in [6, 6.07) is 0. The SMILES string of the molecule is C=C(OC(C)(C)C(CC)CC(C)CC(C)CC)C1(C)CCCCC1. The normalized spacial score (nSPS) is 21.8. The Balaban J connectivity index is 2.67. The molecule has 24 heavy (non-hydrogen) atoms. The van der Waals surface area contributed by atoms with Crippen molar-refractivity contribution in [1.82, 2.24) is 0 Å². The molecule has 0 aromatic carbocycles. The Morgan fingerprint density at radius 3 is 2.08 bits per heavy atom. The molecule has 0 spiro atoms.